The van der Waals surface area contributed by atoms with Gasteiger partial charge in [-0.1, -0.05) is 18.2 Å². The third kappa shape index (κ3) is 2.20. The largest absolute Gasteiger partial charge is 0.417 e. The normalized spacial score (nSPS) is 11.9. The standard InChI is InChI=1S/C14H8F3NO2/c15-14(16,17)10-3-1-2-8(6-10)9-4-5-12-11(7-9)18-13(19)20-12/h1-7H,(H,18,19). The van der Waals surface area contributed by atoms with Crippen molar-refractivity contribution in [2.45, 2.75) is 6.18 Å². The van der Waals surface area contributed by atoms with E-state index in [0.717, 1.165) is 12.1 Å². The first-order valence-electron chi connectivity index (χ1n) is 5.74. The summed E-state index contributed by atoms with van der Waals surface area (Å²) >= 11 is 0. The van der Waals surface area contributed by atoms with Crippen LogP contribution in [0, 0.1) is 0 Å². The van der Waals surface area contributed by atoms with Crippen LogP contribution in [0.2, 0.25) is 0 Å². The summed E-state index contributed by atoms with van der Waals surface area (Å²) in [6.07, 6.45) is -4.38. The van der Waals surface area contributed by atoms with Crippen molar-refractivity contribution < 1.29 is 17.6 Å². The second-order valence-electron chi connectivity index (χ2n) is 4.30. The average molecular weight is 279 g/mol. The maximum atomic E-state index is 12.7. The molecule has 3 aromatic rings. The molecule has 2 aromatic carbocycles. The summed E-state index contributed by atoms with van der Waals surface area (Å²) in [6.45, 7) is 0. The predicted octanol–water partition coefficient (Wildman–Crippen LogP) is 3.81. The number of aromatic amines is 1. The molecule has 1 N–H and O–H groups in total. The van der Waals surface area contributed by atoms with E-state index in [-0.39, 0.29) is 0 Å². The Kier molecular flexibility index (Phi) is 2.67. The lowest BCUT2D eigenvalue weighted by atomic mass is 10.0. The molecule has 0 aliphatic carbocycles. The summed E-state index contributed by atoms with van der Waals surface area (Å²) in [5.41, 5.74) is 1.09. The minimum atomic E-state index is -4.38. The van der Waals surface area contributed by atoms with Gasteiger partial charge in [0, 0.05) is 0 Å². The topological polar surface area (TPSA) is 46.0 Å². The van der Waals surface area contributed by atoms with Gasteiger partial charge in [0.2, 0.25) is 0 Å². The Balaban J connectivity index is 2.12. The van der Waals surface area contributed by atoms with Gasteiger partial charge in [0.25, 0.3) is 0 Å². The maximum absolute atomic E-state index is 12.7. The fourth-order valence-corrected chi connectivity index (χ4v) is 2.01. The third-order valence-electron chi connectivity index (χ3n) is 2.94. The first-order valence-corrected chi connectivity index (χ1v) is 5.74. The Labute approximate surface area is 110 Å². The van der Waals surface area contributed by atoms with Gasteiger partial charge < -0.3 is 4.42 Å². The van der Waals surface area contributed by atoms with Crippen LogP contribution in [0.4, 0.5) is 13.2 Å². The molecular weight excluding hydrogens is 271 g/mol. The first kappa shape index (κ1) is 12.5. The number of oxazole rings is 1. The Morgan fingerprint density at radius 2 is 1.75 bits per heavy atom. The fraction of sp³-hybridized carbons (Fsp3) is 0.0714. The zero-order chi connectivity index (χ0) is 14.3. The number of nitrogens with one attached hydrogen (secondary N) is 1. The van der Waals surface area contributed by atoms with Crippen LogP contribution in [0.15, 0.2) is 51.7 Å². The molecule has 0 bridgehead atoms. The van der Waals surface area contributed by atoms with Crippen molar-refractivity contribution in [3.05, 3.63) is 58.6 Å². The van der Waals surface area contributed by atoms with Gasteiger partial charge in [0.1, 0.15) is 0 Å². The Morgan fingerprint density at radius 1 is 1.00 bits per heavy atom. The molecule has 0 saturated heterocycles. The van der Waals surface area contributed by atoms with Crippen molar-refractivity contribution in [1.82, 2.24) is 4.98 Å². The van der Waals surface area contributed by atoms with Gasteiger partial charge in [-0.15, -0.1) is 0 Å². The molecule has 0 aliphatic heterocycles. The molecule has 1 aromatic heterocycles. The molecule has 0 saturated carbocycles. The van der Waals surface area contributed by atoms with Crippen LogP contribution in [0.25, 0.3) is 22.2 Å². The minimum absolute atomic E-state index is 0.366. The molecule has 20 heavy (non-hydrogen) atoms. The first-order chi connectivity index (χ1) is 9.43. The molecule has 6 heteroatoms. The van der Waals surface area contributed by atoms with Gasteiger partial charge in [0.15, 0.2) is 5.58 Å². The Bertz CT molecular complexity index is 830. The molecule has 3 rings (SSSR count). The Hall–Kier alpha value is -2.50. The molecule has 3 nitrogen and oxygen atoms in total. The molecule has 0 amide bonds. The fourth-order valence-electron chi connectivity index (χ4n) is 2.01. The quantitative estimate of drug-likeness (QED) is 0.736. The lowest BCUT2D eigenvalue weighted by molar-refractivity contribution is -0.137. The monoisotopic (exact) mass is 279 g/mol. The Morgan fingerprint density at radius 3 is 2.50 bits per heavy atom. The van der Waals surface area contributed by atoms with Gasteiger partial charge >= 0.3 is 11.9 Å². The minimum Gasteiger partial charge on any atom is -0.408 e. The van der Waals surface area contributed by atoms with Crippen molar-refractivity contribution in [2.75, 3.05) is 0 Å². The summed E-state index contributed by atoms with van der Waals surface area (Å²) in [7, 11) is 0. The lowest BCUT2D eigenvalue weighted by Gasteiger charge is -2.08. The number of halogens is 3. The van der Waals surface area contributed by atoms with Gasteiger partial charge in [-0.2, -0.15) is 13.2 Å². The van der Waals surface area contributed by atoms with E-state index < -0.39 is 17.5 Å². The zero-order valence-corrected chi connectivity index (χ0v) is 9.99. The molecule has 0 aliphatic rings. The molecule has 0 fully saturated rings. The van der Waals surface area contributed by atoms with Crippen molar-refractivity contribution >= 4 is 11.1 Å². The number of fused-ring (bicyclic) bond motifs is 1. The van der Waals surface area contributed by atoms with Crippen LogP contribution >= 0.6 is 0 Å². The van der Waals surface area contributed by atoms with Gasteiger partial charge in [0.05, 0.1) is 11.1 Å². The number of alkyl halides is 3. The number of hydrogen-bond donors (Lipinski definition) is 1. The second kappa shape index (κ2) is 4.26. The number of rotatable bonds is 1. The van der Waals surface area contributed by atoms with Crippen molar-refractivity contribution in [2.24, 2.45) is 0 Å². The van der Waals surface area contributed by atoms with Crippen LogP contribution in [0.5, 0.6) is 0 Å². The maximum Gasteiger partial charge on any atom is 0.417 e. The van der Waals surface area contributed by atoms with E-state index in [1.54, 1.807) is 24.3 Å². The van der Waals surface area contributed by atoms with E-state index in [0.29, 0.717) is 22.2 Å². The van der Waals surface area contributed by atoms with Crippen molar-refractivity contribution in [3.8, 4) is 11.1 Å². The van der Waals surface area contributed by atoms with E-state index in [1.165, 1.54) is 6.07 Å². The highest BCUT2D eigenvalue weighted by Gasteiger charge is 2.30. The molecular formula is C14H8F3NO2. The molecule has 0 radical (unpaired) electrons. The lowest BCUT2D eigenvalue weighted by Crippen LogP contribution is -2.04. The molecule has 102 valence electrons. The van der Waals surface area contributed by atoms with Gasteiger partial charge in [-0.3, -0.25) is 4.98 Å². The number of benzene rings is 2. The van der Waals surface area contributed by atoms with Crippen molar-refractivity contribution in [1.29, 1.82) is 0 Å². The van der Waals surface area contributed by atoms with Gasteiger partial charge in [-0.25, -0.2) is 4.79 Å². The number of H-pyrrole nitrogens is 1. The summed E-state index contributed by atoms with van der Waals surface area (Å²) in [4.78, 5) is 13.5. The molecule has 1 heterocycles. The number of aromatic nitrogens is 1. The van der Waals surface area contributed by atoms with Crippen LogP contribution in [0.1, 0.15) is 5.56 Å². The summed E-state index contributed by atoms with van der Waals surface area (Å²) < 4.78 is 42.9. The smallest absolute Gasteiger partial charge is 0.408 e. The highest BCUT2D eigenvalue weighted by Crippen LogP contribution is 2.32. The number of hydrogen-bond acceptors (Lipinski definition) is 2. The SMILES string of the molecule is O=c1[nH]c2cc(-c3cccc(C(F)(F)F)c3)ccc2o1. The van der Waals surface area contributed by atoms with Crippen LogP contribution in [0.3, 0.4) is 0 Å². The summed E-state index contributed by atoms with van der Waals surface area (Å²) in [5, 5.41) is 0. The average Bonchev–Trinajstić information content (AvgIpc) is 2.77. The molecule has 0 atom stereocenters. The van der Waals surface area contributed by atoms with E-state index in [1.807, 2.05) is 0 Å². The molecule has 0 spiro atoms. The summed E-state index contributed by atoms with van der Waals surface area (Å²) in [5.74, 6) is -0.596. The van der Waals surface area contributed by atoms with E-state index in [2.05, 4.69) is 4.98 Å². The molecule has 0 unspecified atom stereocenters. The van der Waals surface area contributed by atoms with Gasteiger partial charge in [-0.05, 0) is 35.4 Å². The highest BCUT2D eigenvalue weighted by molar-refractivity contribution is 5.80. The van der Waals surface area contributed by atoms with E-state index in [9.17, 15) is 18.0 Å². The third-order valence-corrected chi connectivity index (χ3v) is 2.94. The van der Waals surface area contributed by atoms with Crippen LogP contribution in [-0.2, 0) is 6.18 Å². The second-order valence-corrected chi connectivity index (χ2v) is 4.30. The van der Waals surface area contributed by atoms with E-state index >= 15 is 0 Å². The van der Waals surface area contributed by atoms with E-state index in [4.69, 9.17) is 4.42 Å². The summed E-state index contributed by atoms with van der Waals surface area (Å²) in [6, 6.07) is 9.74. The van der Waals surface area contributed by atoms with Crippen LogP contribution < -0.4 is 5.76 Å². The van der Waals surface area contributed by atoms with Crippen molar-refractivity contribution in [3.63, 3.8) is 0 Å². The predicted molar refractivity (Wildman–Crippen MR) is 67.3 cm³/mol. The van der Waals surface area contributed by atoms with Crippen LogP contribution in [-0.4, -0.2) is 4.98 Å². The highest BCUT2D eigenvalue weighted by atomic mass is 19.4. The zero-order valence-electron chi connectivity index (χ0n) is 9.99.